The van der Waals surface area contributed by atoms with Gasteiger partial charge in [-0.25, -0.2) is 0 Å². The Morgan fingerprint density at radius 2 is 1.85 bits per heavy atom. The summed E-state index contributed by atoms with van der Waals surface area (Å²) >= 11 is 0. The van der Waals surface area contributed by atoms with Crippen LogP contribution in [-0.2, 0) is 9.53 Å². The first kappa shape index (κ1) is 14.4. The molecule has 0 aromatic carbocycles. The molecule has 3 rings (SSSR count). The SMILES string of the molecule is COCC1(C(=O)N2CCC(C3CCCCC3)C2)CCC1. The van der Waals surface area contributed by atoms with Gasteiger partial charge in [0.15, 0.2) is 0 Å². The van der Waals surface area contributed by atoms with Crippen LogP contribution in [0.2, 0.25) is 0 Å². The fourth-order valence-corrected chi connectivity index (χ4v) is 4.60. The van der Waals surface area contributed by atoms with Gasteiger partial charge in [0.1, 0.15) is 0 Å². The van der Waals surface area contributed by atoms with Gasteiger partial charge in [-0.3, -0.25) is 4.79 Å². The molecule has 2 aliphatic carbocycles. The van der Waals surface area contributed by atoms with Gasteiger partial charge < -0.3 is 9.64 Å². The Kier molecular flexibility index (Phi) is 4.34. The molecule has 1 amide bonds. The second kappa shape index (κ2) is 6.05. The molecule has 3 aliphatic rings. The quantitative estimate of drug-likeness (QED) is 0.790. The molecule has 3 fully saturated rings. The third kappa shape index (κ3) is 2.61. The highest BCUT2D eigenvalue weighted by Crippen LogP contribution is 2.44. The lowest BCUT2D eigenvalue weighted by molar-refractivity contribution is -0.151. The van der Waals surface area contributed by atoms with Crippen molar-refractivity contribution in [2.75, 3.05) is 26.8 Å². The van der Waals surface area contributed by atoms with E-state index < -0.39 is 0 Å². The van der Waals surface area contributed by atoms with Crippen LogP contribution >= 0.6 is 0 Å². The number of carbonyl (C=O) groups is 1. The third-order valence-corrected chi connectivity index (χ3v) is 6.01. The molecular weight excluding hydrogens is 250 g/mol. The second-order valence-electron chi connectivity index (χ2n) is 7.26. The molecular formula is C17H29NO2. The summed E-state index contributed by atoms with van der Waals surface area (Å²) in [7, 11) is 1.72. The van der Waals surface area contributed by atoms with Crippen LogP contribution in [0.5, 0.6) is 0 Å². The summed E-state index contributed by atoms with van der Waals surface area (Å²) in [5.74, 6) is 2.06. The van der Waals surface area contributed by atoms with Crippen LogP contribution in [0.15, 0.2) is 0 Å². The van der Waals surface area contributed by atoms with Gasteiger partial charge in [-0.15, -0.1) is 0 Å². The number of amides is 1. The highest BCUT2D eigenvalue weighted by atomic mass is 16.5. The van der Waals surface area contributed by atoms with Crippen molar-refractivity contribution >= 4 is 5.91 Å². The summed E-state index contributed by atoms with van der Waals surface area (Å²) in [6.45, 7) is 2.64. The third-order valence-electron chi connectivity index (χ3n) is 6.01. The van der Waals surface area contributed by atoms with E-state index >= 15 is 0 Å². The van der Waals surface area contributed by atoms with E-state index in [1.54, 1.807) is 7.11 Å². The maximum atomic E-state index is 12.8. The Hall–Kier alpha value is -0.570. The molecule has 0 bridgehead atoms. The van der Waals surface area contributed by atoms with Gasteiger partial charge in [0, 0.05) is 20.2 Å². The van der Waals surface area contributed by atoms with E-state index in [0.29, 0.717) is 12.5 Å². The van der Waals surface area contributed by atoms with Crippen molar-refractivity contribution in [2.45, 2.75) is 57.8 Å². The van der Waals surface area contributed by atoms with Gasteiger partial charge in [-0.05, 0) is 31.1 Å². The summed E-state index contributed by atoms with van der Waals surface area (Å²) < 4.78 is 5.33. The van der Waals surface area contributed by atoms with Gasteiger partial charge in [-0.2, -0.15) is 0 Å². The molecule has 2 saturated carbocycles. The monoisotopic (exact) mass is 279 g/mol. The number of ether oxygens (including phenoxy) is 1. The standard InChI is InChI=1S/C17H29NO2/c1-20-13-17(9-5-10-17)16(19)18-11-8-15(12-18)14-6-3-2-4-7-14/h14-15H,2-13H2,1H3. The fourth-order valence-electron chi connectivity index (χ4n) is 4.60. The Morgan fingerprint density at radius 1 is 1.10 bits per heavy atom. The number of nitrogens with zero attached hydrogens (tertiary/aromatic N) is 1. The number of carbonyl (C=O) groups excluding carboxylic acids is 1. The summed E-state index contributed by atoms with van der Waals surface area (Å²) in [6, 6.07) is 0. The predicted molar refractivity (Wildman–Crippen MR) is 79.4 cm³/mol. The molecule has 20 heavy (non-hydrogen) atoms. The zero-order valence-electron chi connectivity index (χ0n) is 12.9. The molecule has 114 valence electrons. The summed E-state index contributed by atoms with van der Waals surface area (Å²) in [4.78, 5) is 15.0. The molecule has 0 radical (unpaired) electrons. The van der Waals surface area contributed by atoms with Crippen LogP contribution in [0, 0.1) is 17.3 Å². The first-order valence-corrected chi connectivity index (χ1v) is 8.53. The van der Waals surface area contributed by atoms with Crippen molar-refractivity contribution in [2.24, 2.45) is 17.3 Å². The summed E-state index contributed by atoms with van der Waals surface area (Å²) in [5, 5.41) is 0. The molecule has 0 spiro atoms. The van der Waals surface area contributed by atoms with Crippen molar-refractivity contribution in [3.05, 3.63) is 0 Å². The van der Waals surface area contributed by atoms with E-state index in [2.05, 4.69) is 4.90 Å². The van der Waals surface area contributed by atoms with Crippen LogP contribution in [0.1, 0.15) is 57.8 Å². The molecule has 1 heterocycles. The molecule has 1 atom stereocenters. The molecule has 3 nitrogen and oxygen atoms in total. The van der Waals surface area contributed by atoms with E-state index in [1.807, 2.05) is 0 Å². The maximum Gasteiger partial charge on any atom is 0.231 e. The Balaban J connectivity index is 1.57. The molecule has 1 saturated heterocycles. The molecule has 0 N–H and O–H groups in total. The molecule has 3 heteroatoms. The largest absolute Gasteiger partial charge is 0.384 e. The maximum absolute atomic E-state index is 12.8. The van der Waals surface area contributed by atoms with Crippen molar-refractivity contribution < 1.29 is 9.53 Å². The lowest BCUT2D eigenvalue weighted by Crippen LogP contribution is -2.49. The molecule has 1 aliphatic heterocycles. The van der Waals surface area contributed by atoms with E-state index in [1.165, 1.54) is 44.9 Å². The van der Waals surface area contributed by atoms with Crippen LogP contribution in [0.3, 0.4) is 0 Å². The van der Waals surface area contributed by atoms with E-state index in [4.69, 9.17) is 4.74 Å². The van der Waals surface area contributed by atoms with Crippen LogP contribution < -0.4 is 0 Å². The average Bonchev–Trinajstić information content (AvgIpc) is 2.93. The minimum absolute atomic E-state index is 0.157. The van der Waals surface area contributed by atoms with Crippen LogP contribution in [0.25, 0.3) is 0 Å². The molecule has 0 aromatic rings. The highest BCUT2D eigenvalue weighted by Gasteiger charge is 2.47. The van der Waals surface area contributed by atoms with Crippen molar-refractivity contribution in [1.29, 1.82) is 0 Å². The lowest BCUT2D eigenvalue weighted by Gasteiger charge is -2.42. The van der Waals surface area contributed by atoms with Gasteiger partial charge in [0.05, 0.1) is 12.0 Å². The Labute approximate surface area is 123 Å². The highest BCUT2D eigenvalue weighted by molar-refractivity contribution is 5.84. The number of hydrogen-bond acceptors (Lipinski definition) is 2. The molecule has 0 aromatic heterocycles. The van der Waals surface area contributed by atoms with Crippen LogP contribution in [-0.4, -0.2) is 37.6 Å². The summed E-state index contributed by atoms with van der Waals surface area (Å²) in [5.41, 5.74) is -0.157. The lowest BCUT2D eigenvalue weighted by atomic mass is 9.68. The van der Waals surface area contributed by atoms with E-state index in [0.717, 1.165) is 37.8 Å². The van der Waals surface area contributed by atoms with Crippen molar-refractivity contribution in [1.82, 2.24) is 4.90 Å². The fraction of sp³-hybridized carbons (Fsp3) is 0.941. The Morgan fingerprint density at radius 3 is 2.45 bits per heavy atom. The average molecular weight is 279 g/mol. The normalized spacial score (nSPS) is 30.2. The molecule has 1 unspecified atom stereocenters. The van der Waals surface area contributed by atoms with Crippen LogP contribution in [0.4, 0.5) is 0 Å². The van der Waals surface area contributed by atoms with Gasteiger partial charge >= 0.3 is 0 Å². The van der Waals surface area contributed by atoms with Crippen molar-refractivity contribution in [3.63, 3.8) is 0 Å². The summed E-state index contributed by atoms with van der Waals surface area (Å²) in [6.07, 6.45) is 11.5. The zero-order valence-corrected chi connectivity index (χ0v) is 12.9. The van der Waals surface area contributed by atoms with Gasteiger partial charge in [0.25, 0.3) is 0 Å². The smallest absolute Gasteiger partial charge is 0.231 e. The minimum Gasteiger partial charge on any atom is -0.384 e. The Bertz CT molecular complexity index is 345. The van der Waals surface area contributed by atoms with Crippen molar-refractivity contribution in [3.8, 4) is 0 Å². The second-order valence-corrected chi connectivity index (χ2v) is 7.26. The van der Waals surface area contributed by atoms with E-state index in [-0.39, 0.29) is 5.41 Å². The van der Waals surface area contributed by atoms with Gasteiger partial charge in [-0.1, -0.05) is 38.5 Å². The predicted octanol–water partition coefficient (Wildman–Crippen LogP) is 3.23. The first-order valence-electron chi connectivity index (χ1n) is 8.53. The number of rotatable bonds is 4. The topological polar surface area (TPSA) is 29.5 Å². The first-order chi connectivity index (χ1) is 9.75. The number of methoxy groups -OCH3 is 1. The minimum atomic E-state index is -0.157. The van der Waals surface area contributed by atoms with E-state index in [9.17, 15) is 4.79 Å². The zero-order chi connectivity index (χ0) is 14.0. The van der Waals surface area contributed by atoms with Gasteiger partial charge in [0.2, 0.25) is 5.91 Å². The number of likely N-dealkylation sites (tertiary alicyclic amines) is 1. The number of hydrogen-bond donors (Lipinski definition) is 0.